The summed E-state index contributed by atoms with van der Waals surface area (Å²) in [6.07, 6.45) is 0.699. The highest BCUT2D eigenvalue weighted by atomic mass is 79.9. The second kappa shape index (κ2) is 6.34. The van der Waals surface area contributed by atoms with Gasteiger partial charge in [0.2, 0.25) is 5.91 Å². The van der Waals surface area contributed by atoms with Crippen LogP contribution < -0.4 is 5.32 Å². The van der Waals surface area contributed by atoms with Crippen molar-refractivity contribution in [3.05, 3.63) is 35.4 Å². The lowest BCUT2D eigenvalue weighted by molar-refractivity contribution is -0.131. The first-order valence-electron chi connectivity index (χ1n) is 6.24. The van der Waals surface area contributed by atoms with E-state index >= 15 is 0 Å². The van der Waals surface area contributed by atoms with Crippen molar-refractivity contribution < 1.29 is 9.53 Å². The maximum atomic E-state index is 11.9. The molecule has 1 aromatic carbocycles. The van der Waals surface area contributed by atoms with E-state index in [9.17, 15) is 4.79 Å². The Morgan fingerprint density at radius 1 is 1.39 bits per heavy atom. The van der Waals surface area contributed by atoms with Gasteiger partial charge in [0.15, 0.2) is 0 Å². The normalized spacial score (nSPS) is 23.0. The van der Waals surface area contributed by atoms with E-state index in [4.69, 9.17) is 4.74 Å². The van der Waals surface area contributed by atoms with Crippen LogP contribution in [0.2, 0.25) is 0 Å². The molecule has 0 bridgehead atoms. The quantitative estimate of drug-likeness (QED) is 0.868. The molecule has 1 aromatic rings. The smallest absolute Gasteiger partial charge is 0.249 e. The van der Waals surface area contributed by atoms with Crippen LogP contribution in [0.3, 0.4) is 0 Å². The van der Waals surface area contributed by atoms with E-state index in [1.807, 2.05) is 12.1 Å². The molecule has 2 atom stereocenters. The number of carbonyl (C=O) groups excluding carboxylic acids is 1. The van der Waals surface area contributed by atoms with Gasteiger partial charge in [-0.1, -0.05) is 47.1 Å². The molecule has 1 fully saturated rings. The third-order valence-corrected chi connectivity index (χ3v) is 3.94. The highest BCUT2D eigenvalue weighted by molar-refractivity contribution is 9.08. The molecule has 0 aliphatic carbocycles. The fraction of sp³-hybridized carbons (Fsp3) is 0.500. The molecule has 1 aliphatic rings. The van der Waals surface area contributed by atoms with Crippen molar-refractivity contribution in [3.8, 4) is 0 Å². The minimum Gasteiger partial charge on any atom is -0.368 e. The van der Waals surface area contributed by atoms with Crippen LogP contribution in [0.5, 0.6) is 0 Å². The molecule has 1 N–H and O–H groups in total. The standard InChI is InChI=1S/C14H18BrNO2/c1-10-6-7-18-13(10)14(17)16-9-12-4-2-11(8-15)3-5-12/h2-5,10,13H,6-9H2,1H3,(H,16,17). The van der Waals surface area contributed by atoms with Gasteiger partial charge in [-0.15, -0.1) is 0 Å². The Balaban J connectivity index is 1.85. The zero-order chi connectivity index (χ0) is 13.0. The maximum Gasteiger partial charge on any atom is 0.249 e. The number of nitrogens with one attached hydrogen (secondary N) is 1. The molecule has 1 amide bonds. The average Bonchev–Trinajstić information content (AvgIpc) is 2.83. The van der Waals surface area contributed by atoms with Gasteiger partial charge in [-0.05, 0) is 23.5 Å². The number of rotatable bonds is 4. The van der Waals surface area contributed by atoms with Gasteiger partial charge in [0.05, 0.1) is 0 Å². The SMILES string of the molecule is CC1CCOC1C(=O)NCc1ccc(CBr)cc1. The topological polar surface area (TPSA) is 38.3 Å². The van der Waals surface area contributed by atoms with Crippen LogP contribution in [0.4, 0.5) is 0 Å². The van der Waals surface area contributed by atoms with E-state index in [0.717, 1.165) is 17.3 Å². The summed E-state index contributed by atoms with van der Waals surface area (Å²) in [6.45, 7) is 3.31. The zero-order valence-electron chi connectivity index (χ0n) is 10.5. The molecule has 1 aliphatic heterocycles. The molecule has 98 valence electrons. The van der Waals surface area contributed by atoms with Crippen molar-refractivity contribution in [2.24, 2.45) is 5.92 Å². The summed E-state index contributed by atoms with van der Waals surface area (Å²) in [5, 5.41) is 3.79. The molecule has 18 heavy (non-hydrogen) atoms. The molecule has 0 spiro atoms. The Morgan fingerprint density at radius 3 is 2.61 bits per heavy atom. The summed E-state index contributed by atoms with van der Waals surface area (Å²) in [7, 11) is 0. The van der Waals surface area contributed by atoms with Crippen molar-refractivity contribution in [3.63, 3.8) is 0 Å². The van der Waals surface area contributed by atoms with Crippen molar-refractivity contribution in [1.29, 1.82) is 0 Å². The Morgan fingerprint density at radius 2 is 2.06 bits per heavy atom. The Kier molecular flexibility index (Phi) is 4.78. The van der Waals surface area contributed by atoms with Crippen LogP contribution in [-0.2, 0) is 21.4 Å². The predicted molar refractivity (Wildman–Crippen MR) is 74.4 cm³/mol. The summed E-state index contributed by atoms with van der Waals surface area (Å²) in [4.78, 5) is 11.9. The van der Waals surface area contributed by atoms with Gasteiger partial charge in [0.1, 0.15) is 6.10 Å². The lowest BCUT2D eigenvalue weighted by atomic mass is 10.0. The number of hydrogen-bond donors (Lipinski definition) is 1. The van der Waals surface area contributed by atoms with E-state index in [2.05, 4.69) is 40.3 Å². The molecule has 3 nitrogen and oxygen atoms in total. The van der Waals surface area contributed by atoms with Crippen molar-refractivity contribution in [2.75, 3.05) is 6.61 Å². The van der Waals surface area contributed by atoms with Gasteiger partial charge in [0, 0.05) is 18.5 Å². The lowest BCUT2D eigenvalue weighted by Crippen LogP contribution is -2.36. The van der Waals surface area contributed by atoms with E-state index in [-0.39, 0.29) is 12.0 Å². The van der Waals surface area contributed by atoms with Crippen molar-refractivity contribution in [2.45, 2.75) is 31.3 Å². The van der Waals surface area contributed by atoms with Crippen LogP contribution in [0.15, 0.2) is 24.3 Å². The van der Waals surface area contributed by atoms with E-state index in [1.165, 1.54) is 5.56 Å². The van der Waals surface area contributed by atoms with Crippen molar-refractivity contribution >= 4 is 21.8 Å². The second-order valence-electron chi connectivity index (χ2n) is 4.73. The summed E-state index contributed by atoms with van der Waals surface area (Å²) >= 11 is 3.41. The van der Waals surface area contributed by atoms with Crippen molar-refractivity contribution in [1.82, 2.24) is 5.32 Å². The highest BCUT2D eigenvalue weighted by Crippen LogP contribution is 2.20. The lowest BCUT2D eigenvalue weighted by Gasteiger charge is -2.14. The van der Waals surface area contributed by atoms with Crippen LogP contribution in [0.25, 0.3) is 0 Å². The fourth-order valence-corrected chi connectivity index (χ4v) is 2.44. The number of ether oxygens (including phenoxy) is 1. The first-order valence-corrected chi connectivity index (χ1v) is 7.36. The van der Waals surface area contributed by atoms with Gasteiger partial charge in [-0.3, -0.25) is 4.79 Å². The third kappa shape index (κ3) is 3.33. The highest BCUT2D eigenvalue weighted by Gasteiger charge is 2.30. The number of benzene rings is 1. The summed E-state index contributed by atoms with van der Waals surface area (Å²) in [5.74, 6) is 0.324. The molecule has 0 saturated carbocycles. The zero-order valence-corrected chi connectivity index (χ0v) is 12.1. The molecular formula is C14H18BrNO2. The first kappa shape index (κ1) is 13.6. The molecule has 2 unspecified atom stereocenters. The van der Waals surface area contributed by atoms with E-state index in [1.54, 1.807) is 0 Å². The summed E-state index contributed by atoms with van der Waals surface area (Å²) < 4.78 is 5.43. The molecule has 0 aromatic heterocycles. The predicted octanol–water partition coefficient (Wildman–Crippen LogP) is 2.62. The number of hydrogen-bond acceptors (Lipinski definition) is 2. The van der Waals surface area contributed by atoms with E-state index < -0.39 is 0 Å². The largest absolute Gasteiger partial charge is 0.368 e. The summed E-state index contributed by atoms with van der Waals surface area (Å²) in [5.41, 5.74) is 2.34. The molecule has 2 rings (SSSR count). The Hall–Kier alpha value is -0.870. The van der Waals surface area contributed by atoms with Gasteiger partial charge in [-0.25, -0.2) is 0 Å². The third-order valence-electron chi connectivity index (χ3n) is 3.29. The average molecular weight is 312 g/mol. The van der Waals surface area contributed by atoms with Gasteiger partial charge >= 0.3 is 0 Å². The van der Waals surface area contributed by atoms with Gasteiger partial charge in [0.25, 0.3) is 0 Å². The maximum absolute atomic E-state index is 11.9. The Labute approximate surface area is 116 Å². The fourth-order valence-electron chi connectivity index (χ4n) is 2.07. The second-order valence-corrected chi connectivity index (χ2v) is 5.29. The minimum absolute atomic E-state index is 0.00423. The van der Waals surface area contributed by atoms with Gasteiger partial charge in [-0.2, -0.15) is 0 Å². The first-order chi connectivity index (χ1) is 8.70. The Bertz CT molecular complexity index is 405. The minimum atomic E-state index is -0.271. The molecule has 4 heteroatoms. The van der Waals surface area contributed by atoms with Crippen LogP contribution in [-0.4, -0.2) is 18.6 Å². The van der Waals surface area contributed by atoms with Crippen LogP contribution >= 0.6 is 15.9 Å². The molecule has 1 saturated heterocycles. The summed E-state index contributed by atoms with van der Waals surface area (Å²) in [6, 6.07) is 8.20. The van der Waals surface area contributed by atoms with E-state index in [0.29, 0.717) is 19.1 Å². The molecule has 1 heterocycles. The monoisotopic (exact) mass is 311 g/mol. The number of carbonyl (C=O) groups is 1. The molecule has 0 radical (unpaired) electrons. The molecular weight excluding hydrogens is 294 g/mol. The van der Waals surface area contributed by atoms with Gasteiger partial charge < -0.3 is 10.1 Å². The van der Waals surface area contributed by atoms with Crippen LogP contribution in [0.1, 0.15) is 24.5 Å². The number of halogens is 1. The number of alkyl halides is 1. The van der Waals surface area contributed by atoms with Crippen LogP contribution in [0, 0.1) is 5.92 Å². The number of amides is 1.